The smallest absolute Gasteiger partial charge is 0.0411 e. The topological polar surface area (TPSA) is 3.24 Å². The van der Waals surface area contributed by atoms with Gasteiger partial charge in [0.2, 0.25) is 0 Å². The highest BCUT2D eigenvalue weighted by molar-refractivity contribution is 6.30. The highest BCUT2D eigenvalue weighted by atomic mass is 35.5. The molecule has 0 atom stereocenters. The Labute approximate surface area is 113 Å². The Bertz CT molecular complexity index is 541. The van der Waals surface area contributed by atoms with Crippen LogP contribution in [0.5, 0.6) is 0 Å². The molecule has 92 valence electrons. The van der Waals surface area contributed by atoms with Crippen LogP contribution in [0.25, 0.3) is 12.2 Å². The van der Waals surface area contributed by atoms with E-state index in [4.69, 9.17) is 11.6 Å². The third-order valence-electron chi connectivity index (χ3n) is 2.73. The summed E-state index contributed by atoms with van der Waals surface area (Å²) in [6, 6.07) is 16.3. The zero-order valence-corrected chi connectivity index (χ0v) is 11.4. The lowest BCUT2D eigenvalue weighted by molar-refractivity contribution is 1.13. The fraction of sp³-hybridized carbons (Fsp3) is 0.125. The number of hydrogen-bond acceptors (Lipinski definition) is 1. The number of benzene rings is 2. The van der Waals surface area contributed by atoms with Crippen molar-refractivity contribution in [3.05, 3.63) is 64.7 Å². The minimum absolute atomic E-state index is 0.764. The molecule has 2 rings (SSSR count). The van der Waals surface area contributed by atoms with Gasteiger partial charge in [-0.05, 0) is 35.4 Å². The van der Waals surface area contributed by atoms with Gasteiger partial charge in [0.25, 0.3) is 0 Å². The zero-order chi connectivity index (χ0) is 13.0. The molecule has 0 aliphatic carbocycles. The normalized spacial score (nSPS) is 10.8. The van der Waals surface area contributed by atoms with E-state index < -0.39 is 0 Å². The minimum atomic E-state index is 0.764. The number of halogens is 1. The number of hydrogen-bond donors (Lipinski definition) is 0. The Balaban J connectivity index is 2.14. The second kappa shape index (κ2) is 5.74. The van der Waals surface area contributed by atoms with Crippen LogP contribution in [0.3, 0.4) is 0 Å². The third kappa shape index (κ3) is 3.38. The van der Waals surface area contributed by atoms with Gasteiger partial charge in [-0.25, -0.2) is 0 Å². The number of nitrogens with zero attached hydrogens (tertiary/aromatic N) is 1. The summed E-state index contributed by atoms with van der Waals surface area (Å²) in [6.07, 6.45) is 4.15. The van der Waals surface area contributed by atoms with Gasteiger partial charge in [0, 0.05) is 24.8 Å². The third-order valence-corrected chi connectivity index (χ3v) is 2.96. The van der Waals surface area contributed by atoms with Crippen molar-refractivity contribution in [2.75, 3.05) is 19.0 Å². The first kappa shape index (κ1) is 12.7. The van der Waals surface area contributed by atoms with E-state index in [1.165, 1.54) is 11.3 Å². The summed E-state index contributed by atoms with van der Waals surface area (Å²) in [4.78, 5) is 2.09. The quantitative estimate of drug-likeness (QED) is 0.728. The molecular formula is C16H16ClN. The molecule has 0 bridgehead atoms. The molecule has 0 aliphatic rings. The summed E-state index contributed by atoms with van der Waals surface area (Å²) in [7, 11) is 4.08. The average Bonchev–Trinajstić information content (AvgIpc) is 2.37. The SMILES string of the molecule is CN(C)c1ccc(C=Cc2cccc(Cl)c2)cc1. The van der Waals surface area contributed by atoms with Crippen molar-refractivity contribution in [3.8, 4) is 0 Å². The largest absolute Gasteiger partial charge is 0.378 e. The molecule has 0 heterocycles. The lowest BCUT2D eigenvalue weighted by atomic mass is 10.1. The van der Waals surface area contributed by atoms with Gasteiger partial charge in [-0.2, -0.15) is 0 Å². The maximum atomic E-state index is 5.94. The highest BCUT2D eigenvalue weighted by Gasteiger charge is 1.94. The van der Waals surface area contributed by atoms with Crippen LogP contribution in [0.4, 0.5) is 5.69 Å². The van der Waals surface area contributed by atoms with E-state index in [1.807, 2.05) is 38.4 Å². The predicted molar refractivity (Wildman–Crippen MR) is 81.1 cm³/mol. The van der Waals surface area contributed by atoms with Crippen molar-refractivity contribution < 1.29 is 0 Å². The molecule has 2 aromatic rings. The summed E-state index contributed by atoms with van der Waals surface area (Å²) < 4.78 is 0. The van der Waals surface area contributed by atoms with Crippen molar-refractivity contribution >= 4 is 29.4 Å². The van der Waals surface area contributed by atoms with Crippen molar-refractivity contribution in [1.82, 2.24) is 0 Å². The molecule has 0 N–H and O–H groups in total. The zero-order valence-electron chi connectivity index (χ0n) is 10.6. The summed E-state index contributed by atoms with van der Waals surface area (Å²) in [5.41, 5.74) is 3.50. The minimum Gasteiger partial charge on any atom is -0.378 e. The van der Waals surface area contributed by atoms with Crippen molar-refractivity contribution in [2.24, 2.45) is 0 Å². The molecule has 0 radical (unpaired) electrons. The molecule has 0 saturated heterocycles. The predicted octanol–water partition coefficient (Wildman–Crippen LogP) is 4.58. The fourth-order valence-electron chi connectivity index (χ4n) is 1.69. The number of anilines is 1. The Hall–Kier alpha value is -1.73. The molecule has 18 heavy (non-hydrogen) atoms. The molecule has 0 unspecified atom stereocenters. The van der Waals surface area contributed by atoms with Crippen LogP contribution in [-0.2, 0) is 0 Å². The van der Waals surface area contributed by atoms with Gasteiger partial charge < -0.3 is 4.90 Å². The first-order valence-electron chi connectivity index (χ1n) is 5.86. The van der Waals surface area contributed by atoms with E-state index in [1.54, 1.807) is 0 Å². The van der Waals surface area contributed by atoms with E-state index in [-0.39, 0.29) is 0 Å². The van der Waals surface area contributed by atoms with Gasteiger partial charge in [0.05, 0.1) is 0 Å². The van der Waals surface area contributed by atoms with E-state index in [9.17, 15) is 0 Å². The standard InChI is InChI=1S/C16H16ClN/c1-18(2)16-10-8-13(9-11-16)6-7-14-4-3-5-15(17)12-14/h3-12H,1-2H3. The van der Waals surface area contributed by atoms with Crippen molar-refractivity contribution in [1.29, 1.82) is 0 Å². The van der Waals surface area contributed by atoms with Crippen LogP contribution in [0.1, 0.15) is 11.1 Å². The van der Waals surface area contributed by atoms with Crippen LogP contribution in [0.2, 0.25) is 5.02 Å². The fourth-order valence-corrected chi connectivity index (χ4v) is 1.89. The van der Waals surface area contributed by atoms with E-state index >= 15 is 0 Å². The molecule has 0 aromatic heterocycles. The maximum absolute atomic E-state index is 5.94. The Morgan fingerprint density at radius 2 is 1.56 bits per heavy atom. The second-order valence-electron chi connectivity index (χ2n) is 4.37. The van der Waals surface area contributed by atoms with Gasteiger partial charge >= 0.3 is 0 Å². The summed E-state index contributed by atoms with van der Waals surface area (Å²) in [6.45, 7) is 0. The van der Waals surface area contributed by atoms with Gasteiger partial charge in [0.15, 0.2) is 0 Å². The van der Waals surface area contributed by atoms with Gasteiger partial charge in [-0.3, -0.25) is 0 Å². The maximum Gasteiger partial charge on any atom is 0.0411 e. The monoisotopic (exact) mass is 257 g/mol. The Kier molecular flexibility index (Phi) is 4.06. The van der Waals surface area contributed by atoms with Gasteiger partial charge in [-0.1, -0.05) is 48.0 Å². The molecule has 0 amide bonds. The van der Waals surface area contributed by atoms with Gasteiger partial charge in [-0.15, -0.1) is 0 Å². The van der Waals surface area contributed by atoms with E-state index in [0.717, 1.165) is 10.6 Å². The van der Waals surface area contributed by atoms with Crippen LogP contribution in [0, 0.1) is 0 Å². The average molecular weight is 258 g/mol. The Morgan fingerprint density at radius 1 is 0.889 bits per heavy atom. The van der Waals surface area contributed by atoms with E-state index in [2.05, 4.69) is 41.3 Å². The summed E-state index contributed by atoms with van der Waals surface area (Å²) in [5, 5.41) is 0.764. The van der Waals surface area contributed by atoms with Crippen molar-refractivity contribution in [2.45, 2.75) is 0 Å². The lowest BCUT2D eigenvalue weighted by Crippen LogP contribution is -2.07. The molecule has 2 aromatic carbocycles. The molecule has 0 aliphatic heterocycles. The summed E-state index contributed by atoms with van der Waals surface area (Å²) in [5.74, 6) is 0. The van der Waals surface area contributed by atoms with E-state index in [0.29, 0.717) is 0 Å². The second-order valence-corrected chi connectivity index (χ2v) is 4.81. The molecule has 2 heteroatoms. The lowest BCUT2D eigenvalue weighted by Gasteiger charge is -2.11. The molecule has 0 spiro atoms. The highest BCUT2D eigenvalue weighted by Crippen LogP contribution is 2.16. The Morgan fingerprint density at radius 3 is 2.17 bits per heavy atom. The molecular weight excluding hydrogens is 242 g/mol. The number of rotatable bonds is 3. The van der Waals surface area contributed by atoms with Crippen LogP contribution in [-0.4, -0.2) is 14.1 Å². The first-order valence-corrected chi connectivity index (χ1v) is 6.24. The van der Waals surface area contributed by atoms with Crippen LogP contribution >= 0.6 is 11.6 Å². The van der Waals surface area contributed by atoms with Crippen LogP contribution < -0.4 is 4.90 Å². The van der Waals surface area contributed by atoms with Gasteiger partial charge in [0.1, 0.15) is 0 Å². The summed E-state index contributed by atoms with van der Waals surface area (Å²) >= 11 is 5.94. The molecule has 1 nitrogen and oxygen atoms in total. The van der Waals surface area contributed by atoms with Crippen LogP contribution in [0.15, 0.2) is 48.5 Å². The first-order chi connectivity index (χ1) is 8.65. The van der Waals surface area contributed by atoms with Crippen molar-refractivity contribution in [3.63, 3.8) is 0 Å². The molecule has 0 saturated carbocycles. The molecule has 0 fully saturated rings.